The van der Waals surface area contributed by atoms with Crippen molar-refractivity contribution in [3.63, 3.8) is 0 Å². The number of nitrogens with zero attached hydrogens (tertiary/aromatic N) is 2. The predicted octanol–water partition coefficient (Wildman–Crippen LogP) is 2.53. The van der Waals surface area contributed by atoms with E-state index in [9.17, 15) is 4.79 Å². The third kappa shape index (κ3) is 1.79. The van der Waals surface area contributed by atoms with E-state index in [4.69, 9.17) is 16.7 Å². The monoisotopic (exact) mass is 236 g/mol. The lowest BCUT2D eigenvalue weighted by Gasteiger charge is -2.05. The van der Waals surface area contributed by atoms with Gasteiger partial charge < -0.3 is 9.67 Å². The number of pyridine rings is 1. The molecule has 0 radical (unpaired) electrons. The largest absolute Gasteiger partial charge is 0.478 e. The summed E-state index contributed by atoms with van der Waals surface area (Å²) in [7, 11) is 0. The molecular weight excluding hydrogens is 228 g/mol. The Balaban J connectivity index is 2.50. The number of carbonyl (C=O) groups is 1. The van der Waals surface area contributed by atoms with Crippen LogP contribution in [-0.2, 0) is 0 Å². The van der Waals surface area contributed by atoms with E-state index in [0.717, 1.165) is 5.56 Å². The summed E-state index contributed by atoms with van der Waals surface area (Å²) in [6.07, 6.45) is 4.74. The van der Waals surface area contributed by atoms with Gasteiger partial charge in [0.2, 0.25) is 0 Å². The summed E-state index contributed by atoms with van der Waals surface area (Å²) in [5.74, 6) is -0.434. The summed E-state index contributed by atoms with van der Waals surface area (Å²) >= 11 is 6.09. The van der Waals surface area contributed by atoms with Gasteiger partial charge in [-0.1, -0.05) is 11.6 Å². The number of hydrogen-bond donors (Lipinski definition) is 1. The lowest BCUT2D eigenvalue weighted by Crippen LogP contribution is -1.98. The second-order valence-electron chi connectivity index (χ2n) is 3.38. The first-order valence-electron chi connectivity index (χ1n) is 4.62. The molecule has 0 spiro atoms. The molecule has 1 N–H and O–H groups in total. The second kappa shape index (κ2) is 3.98. The van der Waals surface area contributed by atoms with Crippen LogP contribution in [-0.4, -0.2) is 20.6 Å². The summed E-state index contributed by atoms with van der Waals surface area (Å²) in [5.41, 5.74) is 1.11. The molecular formula is C11H9ClN2O2. The van der Waals surface area contributed by atoms with Gasteiger partial charge in [0.05, 0.1) is 10.6 Å². The summed E-state index contributed by atoms with van der Waals surface area (Å²) in [4.78, 5) is 14.9. The van der Waals surface area contributed by atoms with Crippen LogP contribution in [0.1, 0.15) is 15.9 Å². The minimum absolute atomic E-state index is 0.208. The van der Waals surface area contributed by atoms with E-state index < -0.39 is 5.97 Å². The third-order valence-corrected chi connectivity index (χ3v) is 2.72. The van der Waals surface area contributed by atoms with Crippen LogP contribution in [0.3, 0.4) is 0 Å². The molecule has 0 saturated carbocycles. The Labute approximate surface area is 97.1 Å². The highest BCUT2D eigenvalue weighted by Crippen LogP contribution is 2.22. The topological polar surface area (TPSA) is 55.1 Å². The van der Waals surface area contributed by atoms with Crippen molar-refractivity contribution in [1.29, 1.82) is 0 Å². The van der Waals surface area contributed by atoms with Crippen molar-refractivity contribution in [2.45, 2.75) is 6.92 Å². The highest BCUT2D eigenvalue weighted by molar-refractivity contribution is 6.32. The fourth-order valence-corrected chi connectivity index (χ4v) is 1.57. The van der Waals surface area contributed by atoms with Gasteiger partial charge in [0, 0.05) is 18.6 Å². The highest BCUT2D eigenvalue weighted by atomic mass is 35.5. The molecule has 0 aliphatic rings. The van der Waals surface area contributed by atoms with E-state index in [0.29, 0.717) is 10.8 Å². The van der Waals surface area contributed by atoms with E-state index in [1.54, 1.807) is 23.0 Å². The maximum atomic E-state index is 10.7. The number of carboxylic acid groups (broad SMARTS) is 1. The number of aromatic carboxylic acids is 1. The molecule has 0 fully saturated rings. The molecule has 0 saturated heterocycles. The number of aryl methyl sites for hydroxylation is 1. The maximum Gasteiger partial charge on any atom is 0.337 e. The molecule has 0 bridgehead atoms. The zero-order valence-electron chi connectivity index (χ0n) is 8.51. The number of hydrogen-bond acceptors (Lipinski definition) is 2. The van der Waals surface area contributed by atoms with Crippen molar-refractivity contribution in [3.8, 4) is 5.82 Å². The van der Waals surface area contributed by atoms with Gasteiger partial charge in [-0.15, -0.1) is 0 Å². The third-order valence-electron chi connectivity index (χ3n) is 2.25. The van der Waals surface area contributed by atoms with Gasteiger partial charge in [0.1, 0.15) is 0 Å². The van der Waals surface area contributed by atoms with Gasteiger partial charge in [0.25, 0.3) is 0 Å². The molecule has 4 nitrogen and oxygen atoms in total. The van der Waals surface area contributed by atoms with E-state index in [1.165, 1.54) is 12.3 Å². The van der Waals surface area contributed by atoms with Crippen molar-refractivity contribution in [2.24, 2.45) is 0 Å². The fraction of sp³-hybridized carbons (Fsp3) is 0.0909. The standard InChI is InChI=1S/C11H9ClN2O2/c1-7-2-4-13-10(9(7)12)14-5-3-8(6-14)11(15)16/h2-6H,1H3,(H,15,16). The van der Waals surface area contributed by atoms with Crippen molar-refractivity contribution in [1.82, 2.24) is 9.55 Å². The summed E-state index contributed by atoms with van der Waals surface area (Å²) in [6.45, 7) is 1.87. The van der Waals surface area contributed by atoms with E-state index in [2.05, 4.69) is 4.98 Å². The SMILES string of the molecule is Cc1ccnc(-n2ccc(C(=O)O)c2)c1Cl. The van der Waals surface area contributed by atoms with Crippen molar-refractivity contribution in [2.75, 3.05) is 0 Å². The van der Waals surface area contributed by atoms with Gasteiger partial charge in [-0.05, 0) is 24.6 Å². The van der Waals surface area contributed by atoms with Crippen molar-refractivity contribution >= 4 is 17.6 Å². The average molecular weight is 237 g/mol. The number of rotatable bonds is 2. The molecule has 0 aliphatic carbocycles. The predicted molar refractivity (Wildman–Crippen MR) is 60.3 cm³/mol. The molecule has 2 aromatic rings. The molecule has 0 amide bonds. The highest BCUT2D eigenvalue weighted by Gasteiger charge is 2.09. The Morgan fingerprint density at radius 3 is 2.88 bits per heavy atom. The van der Waals surface area contributed by atoms with Crippen LogP contribution < -0.4 is 0 Å². The van der Waals surface area contributed by atoms with Crippen LogP contribution in [0.5, 0.6) is 0 Å². The molecule has 2 aromatic heterocycles. The van der Waals surface area contributed by atoms with Gasteiger partial charge >= 0.3 is 5.97 Å². The Kier molecular flexibility index (Phi) is 2.66. The molecule has 0 aromatic carbocycles. The Morgan fingerprint density at radius 1 is 1.50 bits per heavy atom. The van der Waals surface area contributed by atoms with Crippen LogP contribution in [0, 0.1) is 6.92 Å². The van der Waals surface area contributed by atoms with Crippen LogP contribution in [0.15, 0.2) is 30.7 Å². The van der Waals surface area contributed by atoms with Crippen LogP contribution in [0.2, 0.25) is 5.02 Å². The first-order valence-corrected chi connectivity index (χ1v) is 5.00. The Hall–Kier alpha value is -1.81. The summed E-state index contributed by atoms with van der Waals surface area (Å²) in [6, 6.07) is 3.30. The fourth-order valence-electron chi connectivity index (χ4n) is 1.36. The van der Waals surface area contributed by atoms with Gasteiger partial charge in [-0.2, -0.15) is 0 Å². The molecule has 2 rings (SSSR count). The van der Waals surface area contributed by atoms with E-state index in [1.807, 2.05) is 6.92 Å². The quantitative estimate of drug-likeness (QED) is 0.872. The van der Waals surface area contributed by atoms with Gasteiger partial charge in [0.15, 0.2) is 5.82 Å². The Bertz CT molecular complexity index is 549. The molecule has 0 aliphatic heterocycles. The molecule has 16 heavy (non-hydrogen) atoms. The molecule has 0 unspecified atom stereocenters. The zero-order valence-corrected chi connectivity index (χ0v) is 9.27. The number of halogens is 1. The minimum atomic E-state index is -0.970. The van der Waals surface area contributed by atoms with Crippen LogP contribution in [0.4, 0.5) is 0 Å². The minimum Gasteiger partial charge on any atom is -0.478 e. The van der Waals surface area contributed by atoms with Crippen LogP contribution >= 0.6 is 11.6 Å². The molecule has 5 heteroatoms. The smallest absolute Gasteiger partial charge is 0.337 e. The summed E-state index contributed by atoms with van der Waals surface area (Å²) < 4.78 is 1.60. The second-order valence-corrected chi connectivity index (χ2v) is 3.76. The molecule has 2 heterocycles. The Morgan fingerprint density at radius 2 is 2.25 bits per heavy atom. The molecule has 0 atom stereocenters. The van der Waals surface area contributed by atoms with E-state index >= 15 is 0 Å². The zero-order chi connectivity index (χ0) is 11.7. The van der Waals surface area contributed by atoms with E-state index in [-0.39, 0.29) is 5.56 Å². The lowest BCUT2D eigenvalue weighted by atomic mass is 10.3. The normalized spacial score (nSPS) is 10.4. The maximum absolute atomic E-state index is 10.7. The average Bonchev–Trinajstić information content (AvgIpc) is 2.71. The van der Waals surface area contributed by atoms with Crippen molar-refractivity contribution in [3.05, 3.63) is 46.9 Å². The number of carboxylic acids is 1. The van der Waals surface area contributed by atoms with Crippen LogP contribution in [0.25, 0.3) is 5.82 Å². The van der Waals surface area contributed by atoms with Gasteiger partial charge in [-0.3, -0.25) is 0 Å². The lowest BCUT2D eigenvalue weighted by molar-refractivity contribution is 0.0697. The first-order chi connectivity index (χ1) is 7.59. The summed E-state index contributed by atoms with van der Waals surface area (Å²) in [5, 5.41) is 9.33. The van der Waals surface area contributed by atoms with Gasteiger partial charge in [-0.25, -0.2) is 9.78 Å². The molecule has 82 valence electrons. The van der Waals surface area contributed by atoms with Crippen molar-refractivity contribution < 1.29 is 9.90 Å². The number of aromatic nitrogens is 2. The first kappa shape index (κ1) is 10.7.